The van der Waals surface area contributed by atoms with Crippen molar-refractivity contribution in [3.63, 3.8) is 0 Å². The van der Waals surface area contributed by atoms with E-state index < -0.39 is 0 Å². The summed E-state index contributed by atoms with van der Waals surface area (Å²) in [5, 5.41) is 0. The molecule has 0 radical (unpaired) electrons. The van der Waals surface area contributed by atoms with Crippen LogP contribution in [0.2, 0.25) is 0 Å². The van der Waals surface area contributed by atoms with Crippen molar-refractivity contribution in [3.05, 3.63) is 28.2 Å². The van der Waals surface area contributed by atoms with E-state index in [4.69, 9.17) is 10.5 Å². The Morgan fingerprint density at radius 1 is 1.53 bits per heavy atom. The molecule has 1 unspecified atom stereocenters. The van der Waals surface area contributed by atoms with Crippen LogP contribution in [0, 0.1) is 0 Å². The number of nitrogens with two attached hydrogens (primary N) is 1. The van der Waals surface area contributed by atoms with Gasteiger partial charge in [-0.3, -0.25) is 4.79 Å². The lowest BCUT2D eigenvalue weighted by atomic mass is 10.1. The van der Waals surface area contributed by atoms with Crippen LogP contribution in [0.5, 0.6) is 5.75 Å². The molecule has 19 heavy (non-hydrogen) atoms. The van der Waals surface area contributed by atoms with Gasteiger partial charge in [0.2, 0.25) is 5.91 Å². The van der Waals surface area contributed by atoms with Crippen molar-refractivity contribution in [2.24, 2.45) is 5.73 Å². The Bertz CT molecular complexity index is 427. The van der Waals surface area contributed by atoms with Crippen molar-refractivity contribution in [1.29, 1.82) is 0 Å². The maximum absolute atomic E-state index is 11.8. The molecular weight excluding hydrogens is 332 g/mol. The summed E-state index contributed by atoms with van der Waals surface area (Å²) in [6.45, 7) is 2.33. The SMILES string of the molecule is COc1ccc(Br)cc1CN(C)C(=O)CC(C)N.Cl. The van der Waals surface area contributed by atoms with E-state index in [0.29, 0.717) is 13.0 Å². The number of amides is 1. The van der Waals surface area contributed by atoms with Crippen LogP contribution in [-0.2, 0) is 11.3 Å². The van der Waals surface area contributed by atoms with Crippen LogP contribution in [0.3, 0.4) is 0 Å². The van der Waals surface area contributed by atoms with Gasteiger partial charge >= 0.3 is 0 Å². The molecule has 4 nitrogen and oxygen atoms in total. The molecule has 6 heteroatoms. The molecule has 0 saturated carbocycles. The summed E-state index contributed by atoms with van der Waals surface area (Å²) in [4.78, 5) is 13.5. The quantitative estimate of drug-likeness (QED) is 0.887. The van der Waals surface area contributed by atoms with Crippen molar-refractivity contribution in [1.82, 2.24) is 4.90 Å². The van der Waals surface area contributed by atoms with Gasteiger partial charge in [0.05, 0.1) is 7.11 Å². The Kier molecular flexibility index (Phi) is 8.06. The summed E-state index contributed by atoms with van der Waals surface area (Å²) in [7, 11) is 3.39. The van der Waals surface area contributed by atoms with Gasteiger partial charge in [-0.2, -0.15) is 0 Å². The lowest BCUT2D eigenvalue weighted by Crippen LogP contribution is -2.31. The zero-order valence-corrected chi connectivity index (χ0v) is 13.8. The van der Waals surface area contributed by atoms with Gasteiger partial charge in [-0.1, -0.05) is 15.9 Å². The molecule has 0 fully saturated rings. The third kappa shape index (κ3) is 5.80. The summed E-state index contributed by atoms with van der Waals surface area (Å²) in [5.74, 6) is 0.811. The van der Waals surface area contributed by atoms with E-state index in [0.717, 1.165) is 15.8 Å². The number of hydrogen-bond acceptors (Lipinski definition) is 3. The van der Waals surface area contributed by atoms with Crippen molar-refractivity contribution in [3.8, 4) is 5.75 Å². The number of rotatable bonds is 5. The molecule has 0 aliphatic rings. The minimum Gasteiger partial charge on any atom is -0.496 e. The topological polar surface area (TPSA) is 55.6 Å². The highest BCUT2D eigenvalue weighted by Gasteiger charge is 2.13. The van der Waals surface area contributed by atoms with Gasteiger partial charge in [-0.25, -0.2) is 0 Å². The first kappa shape index (κ1) is 18.2. The van der Waals surface area contributed by atoms with E-state index in [9.17, 15) is 4.79 Å². The Balaban J connectivity index is 0.00000324. The zero-order chi connectivity index (χ0) is 13.7. The molecule has 0 bridgehead atoms. The molecule has 1 aromatic rings. The second kappa shape index (κ2) is 8.40. The van der Waals surface area contributed by atoms with Crippen LogP contribution in [0.4, 0.5) is 0 Å². The first-order chi connectivity index (χ1) is 8.43. The third-order valence-corrected chi connectivity index (χ3v) is 3.07. The van der Waals surface area contributed by atoms with Crippen molar-refractivity contribution >= 4 is 34.2 Å². The second-order valence-corrected chi connectivity index (χ2v) is 5.30. The number of halogens is 2. The molecule has 0 spiro atoms. The lowest BCUT2D eigenvalue weighted by Gasteiger charge is -2.20. The molecule has 0 heterocycles. The van der Waals surface area contributed by atoms with Crippen molar-refractivity contribution in [2.75, 3.05) is 14.2 Å². The standard InChI is InChI=1S/C13H19BrN2O2.ClH/c1-9(15)6-13(17)16(2)8-10-7-11(14)4-5-12(10)18-3;/h4-5,7,9H,6,8,15H2,1-3H3;1H. The number of hydrogen-bond donors (Lipinski definition) is 1. The summed E-state index contributed by atoms with van der Waals surface area (Å²) in [6, 6.07) is 5.62. The lowest BCUT2D eigenvalue weighted by molar-refractivity contribution is -0.130. The van der Waals surface area contributed by atoms with Gasteiger partial charge in [-0.15, -0.1) is 12.4 Å². The molecular formula is C13H20BrClN2O2. The van der Waals surface area contributed by atoms with Crippen LogP contribution in [0.15, 0.2) is 22.7 Å². The molecule has 1 amide bonds. The van der Waals surface area contributed by atoms with E-state index in [1.54, 1.807) is 19.1 Å². The van der Waals surface area contributed by atoms with Crippen molar-refractivity contribution in [2.45, 2.75) is 25.9 Å². The van der Waals surface area contributed by atoms with E-state index in [-0.39, 0.29) is 24.4 Å². The number of methoxy groups -OCH3 is 1. The fourth-order valence-electron chi connectivity index (χ4n) is 1.65. The van der Waals surface area contributed by atoms with Gasteiger partial charge in [-0.05, 0) is 25.1 Å². The summed E-state index contributed by atoms with van der Waals surface area (Å²) >= 11 is 3.41. The molecule has 0 aromatic heterocycles. The maximum atomic E-state index is 11.8. The van der Waals surface area contributed by atoms with Gasteiger partial charge in [0.25, 0.3) is 0 Å². The minimum atomic E-state index is -0.121. The molecule has 1 aromatic carbocycles. The molecule has 108 valence electrons. The highest BCUT2D eigenvalue weighted by molar-refractivity contribution is 9.10. The predicted molar refractivity (Wildman–Crippen MR) is 82.7 cm³/mol. The van der Waals surface area contributed by atoms with Gasteiger partial charge in [0.15, 0.2) is 0 Å². The van der Waals surface area contributed by atoms with Crippen LogP contribution in [0.25, 0.3) is 0 Å². The highest BCUT2D eigenvalue weighted by atomic mass is 79.9. The molecule has 0 aliphatic heterocycles. The number of carbonyl (C=O) groups excluding carboxylic acids is 1. The van der Waals surface area contributed by atoms with Crippen molar-refractivity contribution < 1.29 is 9.53 Å². The fourth-order valence-corrected chi connectivity index (χ4v) is 2.05. The maximum Gasteiger partial charge on any atom is 0.224 e. The smallest absolute Gasteiger partial charge is 0.224 e. The van der Waals surface area contributed by atoms with Crippen LogP contribution >= 0.6 is 28.3 Å². The monoisotopic (exact) mass is 350 g/mol. The predicted octanol–water partition coefficient (Wildman–Crippen LogP) is 2.58. The van der Waals surface area contributed by atoms with E-state index in [1.165, 1.54) is 0 Å². The number of ether oxygens (including phenoxy) is 1. The minimum absolute atomic E-state index is 0. The normalized spacial score (nSPS) is 11.4. The average Bonchev–Trinajstić information content (AvgIpc) is 2.28. The third-order valence-electron chi connectivity index (χ3n) is 2.57. The Labute approximate surface area is 128 Å². The molecule has 0 aliphatic carbocycles. The Hall–Kier alpha value is -0.780. The van der Waals surface area contributed by atoms with Gasteiger partial charge < -0.3 is 15.4 Å². The second-order valence-electron chi connectivity index (χ2n) is 4.39. The largest absolute Gasteiger partial charge is 0.496 e. The van der Waals surface area contributed by atoms with E-state index >= 15 is 0 Å². The summed E-state index contributed by atoms with van der Waals surface area (Å²) < 4.78 is 6.24. The number of nitrogens with zero attached hydrogens (tertiary/aromatic N) is 1. The average molecular weight is 352 g/mol. The molecule has 1 rings (SSSR count). The van der Waals surface area contributed by atoms with Gasteiger partial charge in [0, 0.05) is 36.1 Å². The highest BCUT2D eigenvalue weighted by Crippen LogP contribution is 2.24. The summed E-state index contributed by atoms with van der Waals surface area (Å²) in [5.41, 5.74) is 6.59. The Morgan fingerprint density at radius 2 is 2.16 bits per heavy atom. The van der Waals surface area contributed by atoms with Crippen LogP contribution in [-0.4, -0.2) is 31.0 Å². The first-order valence-corrected chi connectivity index (χ1v) is 6.55. The van der Waals surface area contributed by atoms with Crippen LogP contribution < -0.4 is 10.5 Å². The van der Waals surface area contributed by atoms with Crippen LogP contribution in [0.1, 0.15) is 18.9 Å². The Morgan fingerprint density at radius 3 is 2.68 bits per heavy atom. The zero-order valence-electron chi connectivity index (χ0n) is 11.4. The molecule has 0 saturated heterocycles. The van der Waals surface area contributed by atoms with Gasteiger partial charge in [0.1, 0.15) is 5.75 Å². The molecule has 1 atom stereocenters. The number of benzene rings is 1. The number of carbonyl (C=O) groups is 1. The van der Waals surface area contributed by atoms with E-state index in [1.807, 2.05) is 25.1 Å². The first-order valence-electron chi connectivity index (χ1n) is 5.76. The summed E-state index contributed by atoms with van der Waals surface area (Å²) in [6.07, 6.45) is 0.354. The fraction of sp³-hybridized carbons (Fsp3) is 0.462. The van der Waals surface area contributed by atoms with E-state index in [2.05, 4.69) is 15.9 Å². The molecule has 2 N–H and O–H groups in total.